The summed E-state index contributed by atoms with van der Waals surface area (Å²) in [6, 6.07) is 14.2. The zero-order valence-corrected chi connectivity index (χ0v) is 23.1. The van der Waals surface area contributed by atoms with Gasteiger partial charge in [-0.05, 0) is 55.3 Å². The van der Waals surface area contributed by atoms with E-state index in [-0.39, 0.29) is 0 Å². The van der Waals surface area contributed by atoms with Crippen LogP contribution in [0.2, 0.25) is 0 Å². The van der Waals surface area contributed by atoms with Crippen LogP contribution in [-0.2, 0) is 5.54 Å². The largest absolute Gasteiger partial charge is 0.495 e. The van der Waals surface area contributed by atoms with Crippen molar-refractivity contribution in [2.24, 2.45) is 9.98 Å². The number of nitrogens with zero attached hydrogens (tertiary/aromatic N) is 7. The molecule has 0 fully saturated rings. The standard InChI is InChI=1S/C31H26N10O/c1-17-5-4-6-24-25(17)27(40-38-24)31(41-15-18(2)34-16-41)9-10-33-30-28(31)35-29(36-30)26-22-12-19(7-8-23(22)37-39-26)20-11-21(42-3)14-32-13-20/h4-16,29H,1-3H3,(H,33,36)(H,37,39)(H,38,40). The van der Waals surface area contributed by atoms with Crippen LogP contribution < -0.4 is 10.1 Å². The highest BCUT2D eigenvalue weighted by atomic mass is 16.5. The predicted octanol–water partition coefficient (Wildman–Crippen LogP) is 4.74. The van der Waals surface area contributed by atoms with E-state index < -0.39 is 11.7 Å². The molecule has 0 spiro atoms. The average Bonchev–Trinajstić information content (AvgIpc) is 3.82. The van der Waals surface area contributed by atoms with Crippen LogP contribution in [-0.4, -0.2) is 53.6 Å². The first-order valence-electron chi connectivity index (χ1n) is 13.6. The zero-order chi connectivity index (χ0) is 28.4. The van der Waals surface area contributed by atoms with Crippen LogP contribution in [0.15, 0.2) is 89.6 Å². The molecule has 2 atom stereocenters. The van der Waals surface area contributed by atoms with Gasteiger partial charge in [-0.15, -0.1) is 0 Å². The van der Waals surface area contributed by atoms with E-state index in [0.29, 0.717) is 11.6 Å². The number of hydrogen-bond acceptors (Lipinski definition) is 8. The van der Waals surface area contributed by atoms with Gasteiger partial charge in [0.05, 0.1) is 47.7 Å². The summed E-state index contributed by atoms with van der Waals surface area (Å²) < 4.78 is 7.47. The van der Waals surface area contributed by atoms with Gasteiger partial charge in [0, 0.05) is 34.9 Å². The summed E-state index contributed by atoms with van der Waals surface area (Å²) in [4.78, 5) is 19.2. The van der Waals surface area contributed by atoms with Crippen LogP contribution in [0, 0.1) is 13.8 Å². The highest BCUT2D eigenvalue weighted by molar-refractivity contribution is 6.47. The predicted molar refractivity (Wildman–Crippen MR) is 161 cm³/mol. The minimum atomic E-state index is -0.853. The minimum absolute atomic E-state index is 0.537. The fourth-order valence-corrected chi connectivity index (χ4v) is 6.00. The Kier molecular flexibility index (Phi) is 5.17. The van der Waals surface area contributed by atoms with Crippen LogP contribution in [0.1, 0.15) is 28.8 Å². The van der Waals surface area contributed by atoms with Gasteiger partial charge in [-0.25, -0.2) is 15.0 Å². The lowest BCUT2D eigenvalue weighted by atomic mass is 9.83. The van der Waals surface area contributed by atoms with Crippen LogP contribution in [0.4, 0.5) is 0 Å². The van der Waals surface area contributed by atoms with Gasteiger partial charge in [0.15, 0.2) is 17.5 Å². The second kappa shape index (κ2) is 8.96. The van der Waals surface area contributed by atoms with E-state index in [1.54, 1.807) is 13.3 Å². The number of H-pyrrole nitrogens is 2. The molecular formula is C31H26N10O. The second-order valence-electron chi connectivity index (χ2n) is 10.5. The molecule has 0 bridgehead atoms. The maximum atomic E-state index is 5.39. The molecule has 2 unspecified atom stereocenters. The summed E-state index contributed by atoms with van der Waals surface area (Å²) in [6.45, 7) is 4.07. The number of aliphatic imine (C=N–C) groups is 2. The monoisotopic (exact) mass is 554 g/mol. The lowest BCUT2D eigenvalue weighted by Crippen LogP contribution is -2.50. The second-order valence-corrected chi connectivity index (χ2v) is 10.5. The molecule has 0 saturated carbocycles. The summed E-state index contributed by atoms with van der Waals surface area (Å²) in [5.41, 5.74) is 7.30. The number of benzene rings is 2. The molecular weight excluding hydrogens is 528 g/mol. The van der Waals surface area contributed by atoms with E-state index in [0.717, 1.165) is 61.3 Å². The van der Waals surface area contributed by atoms with Crippen LogP contribution in [0.3, 0.4) is 0 Å². The summed E-state index contributed by atoms with van der Waals surface area (Å²) in [5, 5.41) is 21.1. The Morgan fingerprint density at radius 1 is 0.952 bits per heavy atom. The number of fused-ring (bicyclic) bond motifs is 3. The molecule has 0 saturated heterocycles. The van der Waals surface area contributed by atoms with Crippen molar-refractivity contribution in [2.75, 3.05) is 7.11 Å². The fourth-order valence-electron chi connectivity index (χ4n) is 6.00. The van der Waals surface area contributed by atoms with Crippen LogP contribution >= 0.6 is 0 Å². The quantitative estimate of drug-likeness (QED) is 0.282. The normalized spacial score (nSPS) is 19.5. The van der Waals surface area contributed by atoms with Crippen molar-refractivity contribution in [3.8, 4) is 16.9 Å². The molecule has 0 radical (unpaired) electrons. The number of methoxy groups -OCH3 is 1. The van der Waals surface area contributed by atoms with E-state index in [2.05, 4.69) is 65.4 Å². The number of ether oxygens (including phenoxy) is 1. The van der Waals surface area contributed by atoms with Gasteiger partial charge in [-0.3, -0.25) is 15.2 Å². The first kappa shape index (κ1) is 24.2. The molecule has 0 aliphatic carbocycles. The third kappa shape index (κ3) is 3.46. The van der Waals surface area contributed by atoms with Crippen molar-refractivity contribution in [3.63, 3.8) is 0 Å². The van der Waals surface area contributed by atoms with Crippen molar-refractivity contribution in [3.05, 3.63) is 102 Å². The highest BCUT2D eigenvalue weighted by Gasteiger charge is 2.47. The molecule has 11 heteroatoms. The molecule has 206 valence electrons. The molecule has 0 amide bonds. The number of imidazole rings is 1. The van der Waals surface area contributed by atoms with Gasteiger partial charge in [0.2, 0.25) is 0 Å². The number of aromatic nitrogens is 7. The summed E-state index contributed by atoms with van der Waals surface area (Å²) in [5.74, 6) is 1.38. The Bertz CT molecular complexity index is 2110. The molecule has 2 aliphatic rings. The summed E-state index contributed by atoms with van der Waals surface area (Å²) in [6.07, 6.45) is 10.8. The molecule has 2 aliphatic heterocycles. The van der Waals surface area contributed by atoms with Crippen molar-refractivity contribution >= 4 is 33.4 Å². The fraction of sp³-hybridized carbons (Fsp3) is 0.161. The Hall–Kier alpha value is -5.58. The topological polar surface area (TPSA) is 134 Å². The van der Waals surface area contributed by atoms with Gasteiger partial charge in [-0.1, -0.05) is 18.2 Å². The zero-order valence-electron chi connectivity index (χ0n) is 23.1. The highest BCUT2D eigenvalue weighted by Crippen LogP contribution is 2.41. The van der Waals surface area contributed by atoms with Gasteiger partial charge in [-0.2, -0.15) is 10.2 Å². The summed E-state index contributed by atoms with van der Waals surface area (Å²) >= 11 is 0. The molecule has 6 aromatic rings. The van der Waals surface area contributed by atoms with E-state index in [9.17, 15) is 0 Å². The van der Waals surface area contributed by atoms with E-state index >= 15 is 0 Å². The van der Waals surface area contributed by atoms with Crippen LogP contribution in [0.25, 0.3) is 32.9 Å². The van der Waals surface area contributed by atoms with Gasteiger partial charge in [0.1, 0.15) is 11.5 Å². The smallest absolute Gasteiger partial charge is 0.184 e. The Morgan fingerprint density at radius 2 is 1.86 bits per heavy atom. The Balaban J connectivity index is 1.30. The lowest BCUT2D eigenvalue weighted by molar-refractivity contribution is 0.413. The first-order chi connectivity index (χ1) is 20.5. The molecule has 6 heterocycles. The van der Waals surface area contributed by atoms with Gasteiger partial charge < -0.3 is 14.6 Å². The molecule has 11 nitrogen and oxygen atoms in total. The Morgan fingerprint density at radius 3 is 2.71 bits per heavy atom. The van der Waals surface area contributed by atoms with Gasteiger partial charge >= 0.3 is 0 Å². The number of hydrogen-bond donors (Lipinski definition) is 3. The average molecular weight is 555 g/mol. The molecule has 2 aromatic carbocycles. The number of amidine groups is 1. The maximum Gasteiger partial charge on any atom is 0.184 e. The van der Waals surface area contributed by atoms with E-state index in [1.165, 1.54) is 0 Å². The van der Waals surface area contributed by atoms with Crippen molar-refractivity contribution in [1.29, 1.82) is 0 Å². The number of aromatic amines is 2. The lowest BCUT2D eigenvalue weighted by Gasteiger charge is -2.35. The SMILES string of the molecule is COc1cncc(-c2ccc3n[nH]c(C4N=C5NC=CC(c6[nH]nc7cccc(C)c67)(n6cnc(C)c6)C5=N4)c3c2)c1. The van der Waals surface area contributed by atoms with Crippen molar-refractivity contribution < 1.29 is 4.74 Å². The Labute approximate surface area is 240 Å². The number of allylic oxidation sites excluding steroid dienone is 1. The van der Waals surface area contributed by atoms with Gasteiger partial charge in [0.25, 0.3) is 0 Å². The van der Waals surface area contributed by atoms with Crippen molar-refractivity contribution in [2.45, 2.75) is 25.6 Å². The van der Waals surface area contributed by atoms with E-state index in [4.69, 9.17) is 14.7 Å². The molecule has 4 aromatic heterocycles. The van der Waals surface area contributed by atoms with Crippen molar-refractivity contribution in [1.82, 2.24) is 40.2 Å². The number of nitrogens with one attached hydrogen (secondary N) is 3. The molecule has 42 heavy (non-hydrogen) atoms. The summed E-state index contributed by atoms with van der Waals surface area (Å²) in [7, 11) is 1.64. The molecule has 8 rings (SSSR count). The maximum absolute atomic E-state index is 5.39. The molecule has 3 N–H and O–H groups in total. The third-order valence-corrected chi connectivity index (χ3v) is 8.05. The number of pyridine rings is 1. The van der Waals surface area contributed by atoms with E-state index in [1.807, 2.05) is 62.2 Å². The third-order valence-electron chi connectivity index (χ3n) is 8.05. The number of aryl methyl sites for hydroxylation is 2. The van der Waals surface area contributed by atoms with Crippen LogP contribution in [0.5, 0.6) is 5.75 Å². The number of rotatable bonds is 5. The minimum Gasteiger partial charge on any atom is -0.495 e. The first-order valence-corrected chi connectivity index (χ1v) is 13.6.